The molecule has 30 heavy (non-hydrogen) atoms. The molecule has 0 spiro atoms. The van der Waals surface area contributed by atoms with E-state index < -0.39 is 0 Å². The SMILES string of the molecule is CC(C)OC(=O)CCC(C)C1CCC2C3CCC4CC(O)CCC4(C)C3CCC12C. The summed E-state index contributed by atoms with van der Waals surface area (Å²) in [5, 5.41) is 10.3. The molecule has 172 valence electrons. The quantitative estimate of drug-likeness (QED) is 0.527. The van der Waals surface area contributed by atoms with Crippen molar-refractivity contribution in [1.29, 1.82) is 0 Å². The monoisotopic (exact) mass is 418 g/mol. The molecule has 4 aliphatic rings. The molecule has 4 rings (SSSR count). The van der Waals surface area contributed by atoms with E-state index in [0.29, 0.717) is 23.2 Å². The van der Waals surface area contributed by atoms with Crippen LogP contribution in [0, 0.1) is 46.3 Å². The minimum absolute atomic E-state index is 0.00569. The molecule has 9 atom stereocenters. The largest absolute Gasteiger partial charge is 0.463 e. The number of rotatable bonds is 5. The van der Waals surface area contributed by atoms with Gasteiger partial charge >= 0.3 is 5.97 Å². The molecule has 0 radical (unpaired) electrons. The minimum atomic E-state index is -0.0485. The number of ether oxygens (including phenoxy) is 1. The van der Waals surface area contributed by atoms with Crippen molar-refractivity contribution in [1.82, 2.24) is 0 Å². The van der Waals surface area contributed by atoms with E-state index >= 15 is 0 Å². The third-order valence-corrected chi connectivity index (χ3v) is 10.6. The smallest absolute Gasteiger partial charge is 0.306 e. The average molecular weight is 419 g/mol. The van der Waals surface area contributed by atoms with Crippen LogP contribution in [-0.4, -0.2) is 23.3 Å². The highest BCUT2D eigenvalue weighted by atomic mass is 16.5. The molecule has 9 unspecified atom stereocenters. The van der Waals surface area contributed by atoms with E-state index in [9.17, 15) is 9.90 Å². The van der Waals surface area contributed by atoms with Crippen LogP contribution in [0.15, 0.2) is 0 Å². The normalized spacial score (nSPS) is 46.6. The Morgan fingerprint density at radius 3 is 2.40 bits per heavy atom. The molecular formula is C27H46O3. The maximum absolute atomic E-state index is 12.1. The van der Waals surface area contributed by atoms with Gasteiger partial charge in [-0.2, -0.15) is 0 Å². The maximum atomic E-state index is 12.1. The van der Waals surface area contributed by atoms with Crippen LogP contribution in [0.4, 0.5) is 0 Å². The number of fused-ring (bicyclic) bond motifs is 5. The standard InChI is InChI=1S/C27H46O3/c1-17(2)30-25(29)11-6-18(3)22-9-10-23-21-8-7-19-16-20(28)12-14-26(19,4)24(21)13-15-27(22,23)5/h17-24,28H,6-16H2,1-5H3. The summed E-state index contributed by atoms with van der Waals surface area (Å²) in [6, 6.07) is 0. The van der Waals surface area contributed by atoms with Gasteiger partial charge in [-0.1, -0.05) is 20.8 Å². The van der Waals surface area contributed by atoms with Gasteiger partial charge in [0.15, 0.2) is 0 Å². The second-order valence-electron chi connectivity index (χ2n) is 12.4. The van der Waals surface area contributed by atoms with Gasteiger partial charge in [-0.3, -0.25) is 4.79 Å². The number of carbonyl (C=O) groups is 1. The van der Waals surface area contributed by atoms with E-state index in [1.807, 2.05) is 13.8 Å². The summed E-state index contributed by atoms with van der Waals surface area (Å²) in [6.45, 7) is 11.5. The predicted octanol–water partition coefficient (Wildman–Crippen LogP) is 6.37. The third-order valence-electron chi connectivity index (χ3n) is 10.6. The highest BCUT2D eigenvalue weighted by Crippen LogP contribution is 2.68. The molecule has 0 aromatic heterocycles. The topological polar surface area (TPSA) is 46.5 Å². The summed E-state index contributed by atoms with van der Waals surface area (Å²) in [5.41, 5.74) is 0.924. The summed E-state index contributed by atoms with van der Waals surface area (Å²) < 4.78 is 5.38. The summed E-state index contributed by atoms with van der Waals surface area (Å²) in [7, 11) is 0. The molecule has 0 aliphatic heterocycles. The van der Waals surface area contributed by atoms with E-state index in [1.54, 1.807) is 0 Å². The minimum Gasteiger partial charge on any atom is -0.463 e. The first kappa shape index (κ1) is 22.6. The van der Waals surface area contributed by atoms with E-state index in [4.69, 9.17) is 4.74 Å². The lowest BCUT2D eigenvalue weighted by molar-refractivity contribution is -0.148. The molecule has 1 N–H and O–H groups in total. The van der Waals surface area contributed by atoms with Crippen LogP contribution in [0.1, 0.15) is 105 Å². The van der Waals surface area contributed by atoms with Crippen LogP contribution in [0.2, 0.25) is 0 Å². The number of aliphatic hydroxyl groups excluding tert-OH is 1. The molecule has 0 bridgehead atoms. The van der Waals surface area contributed by atoms with Crippen molar-refractivity contribution in [3.8, 4) is 0 Å². The lowest BCUT2D eigenvalue weighted by Crippen LogP contribution is -2.54. The zero-order valence-electron chi connectivity index (χ0n) is 20.2. The van der Waals surface area contributed by atoms with Crippen molar-refractivity contribution in [2.75, 3.05) is 0 Å². The Kier molecular flexibility index (Phi) is 6.34. The van der Waals surface area contributed by atoms with Gasteiger partial charge in [0.1, 0.15) is 0 Å². The van der Waals surface area contributed by atoms with E-state index in [-0.39, 0.29) is 18.2 Å². The molecule has 4 aliphatic carbocycles. The van der Waals surface area contributed by atoms with Crippen LogP contribution in [-0.2, 0) is 9.53 Å². The Bertz CT molecular complexity index is 630. The van der Waals surface area contributed by atoms with Gasteiger partial charge in [-0.05, 0) is 124 Å². The summed E-state index contributed by atoms with van der Waals surface area (Å²) in [4.78, 5) is 12.1. The van der Waals surface area contributed by atoms with Crippen LogP contribution in [0.25, 0.3) is 0 Å². The summed E-state index contributed by atoms with van der Waals surface area (Å²) >= 11 is 0. The van der Waals surface area contributed by atoms with Crippen LogP contribution in [0.5, 0.6) is 0 Å². The van der Waals surface area contributed by atoms with Crippen LogP contribution in [0.3, 0.4) is 0 Å². The van der Waals surface area contributed by atoms with E-state index in [0.717, 1.165) is 48.9 Å². The van der Waals surface area contributed by atoms with Crippen LogP contribution >= 0.6 is 0 Å². The summed E-state index contributed by atoms with van der Waals surface area (Å²) in [6.07, 6.45) is 13.0. The van der Waals surface area contributed by atoms with Crippen molar-refractivity contribution < 1.29 is 14.6 Å². The molecule has 0 aromatic carbocycles. The Labute approximate surface area is 184 Å². The number of carbonyl (C=O) groups excluding carboxylic acids is 1. The molecule has 0 aromatic rings. The highest BCUT2D eigenvalue weighted by molar-refractivity contribution is 5.69. The maximum Gasteiger partial charge on any atom is 0.306 e. The fourth-order valence-electron chi connectivity index (χ4n) is 9.08. The molecule has 4 fully saturated rings. The lowest BCUT2D eigenvalue weighted by Gasteiger charge is -2.61. The first-order chi connectivity index (χ1) is 14.1. The average Bonchev–Trinajstić information content (AvgIpc) is 3.03. The second-order valence-corrected chi connectivity index (χ2v) is 12.4. The Morgan fingerprint density at radius 1 is 0.967 bits per heavy atom. The van der Waals surface area contributed by atoms with Crippen molar-refractivity contribution in [3.63, 3.8) is 0 Å². The Hall–Kier alpha value is -0.570. The molecule has 0 heterocycles. The third kappa shape index (κ3) is 3.86. The van der Waals surface area contributed by atoms with Gasteiger partial charge in [0.25, 0.3) is 0 Å². The van der Waals surface area contributed by atoms with Gasteiger partial charge in [0, 0.05) is 6.42 Å². The fraction of sp³-hybridized carbons (Fsp3) is 0.963. The molecule has 0 saturated heterocycles. The number of hydrogen-bond donors (Lipinski definition) is 1. The van der Waals surface area contributed by atoms with Gasteiger partial charge in [0.05, 0.1) is 12.2 Å². The number of aliphatic hydroxyl groups is 1. The van der Waals surface area contributed by atoms with Crippen molar-refractivity contribution in [3.05, 3.63) is 0 Å². The number of hydrogen-bond acceptors (Lipinski definition) is 3. The molecule has 3 nitrogen and oxygen atoms in total. The second kappa shape index (κ2) is 8.41. The van der Waals surface area contributed by atoms with Crippen LogP contribution < -0.4 is 0 Å². The highest BCUT2D eigenvalue weighted by Gasteiger charge is 2.60. The van der Waals surface area contributed by atoms with E-state index in [2.05, 4.69) is 20.8 Å². The molecule has 0 amide bonds. The van der Waals surface area contributed by atoms with Crippen molar-refractivity contribution in [2.24, 2.45) is 46.3 Å². The van der Waals surface area contributed by atoms with Gasteiger partial charge < -0.3 is 9.84 Å². The molecular weight excluding hydrogens is 372 g/mol. The molecule has 4 saturated carbocycles. The van der Waals surface area contributed by atoms with Crippen molar-refractivity contribution in [2.45, 2.75) is 117 Å². The van der Waals surface area contributed by atoms with E-state index in [1.165, 1.54) is 44.9 Å². The first-order valence-corrected chi connectivity index (χ1v) is 13.0. The predicted molar refractivity (Wildman–Crippen MR) is 121 cm³/mol. The van der Waals surface area contributed by atoms with Gasteiger partial charge in [-0.15, -0.1) is 0 Å². The molecule has 3 heteroatoms. The summed E-state index contributed by atoms with van der Waals surface area (Å²) in [5.74, 6) is 4.72. The first-order valence-electron chi connectivity index (χ1n) is 13.0. The zero-order chi connectivity index (χ0) is 21.7. The Balaban J connectivity index is 1.43. The van der Waals surface area contributed by atoms with Gasteiger partial charge in [-0.25, -0.2) is 0 Å². The zero-order valence-corrected chi connectivity index (χ0v) is 20.2. The van der Waals surface area contributed by atoms with Gasteiger partial charge in [0.2, 0.25) is 0 Å². The number of esters is 1. The lowest BCUT2D eigenvalue weighted by atomic mass is 9.44. The fourth-order valence-corrected chi connectivity index (χ4v) is 9.08. The van der Waals surface area contributed by atoms with Crippen molar-refractivity contribution >= 4 is 5.97 Å². The Morgan fingerprint density at radius 2 is 1.67 bits per heavy atom.